The molecular formula is C16H15NO. The molecule has 0 radical (unpaired) electrons. The van der Waals surface area contributed by atoms with Crippen molar-refractivity contribution in [1.82, 2.24) is 0 Å². The molecule has 90 valence electrons. The van der Waals surface area contributed by atoms with Crippen LogP contribution in [0.2, 0.25) is 0 Å². The molecule has 2 bridgehead atoms. The standard InChI is InChI=1S/C16H15NO/c17-15-8-13-10-3-1-2-4-12(10)16(15)14-7-9(18)5-6-11(13)14/h1-7,13,15-16,18H,8,17H2. The molecular weight excluding hydrogens is 222 g/mol. The summed E-state index contributed by atoms with van der Waals surface area (Å²) in [4.78, 5) is 0. The summed E-state index contributed by atoms with van der Waals surface area (Å²) >= 11 is 0. The Morgan fingerprint density at radius 2 is 1.67 bits per heavy atom. The van der Waals surface area contributed by atoms with Crippen molar-refractivity contribution < 1.29 is 5.11 Å². The SMILES string of the molecule is NC1CC2c3ccccc3C1c1cc(O)ccc12. The minimum absolute atomic E-state index is 0.166. The molecule has 18 heavy (non-hydrogen) atoms. The van der Waals surface area contributed by atoms with Gasteiger partial charge in [-0.2, -0.15) is 0 Å². The lowest BCUT2D eigenvalue weighted by molar-refractivity contribution is 0.438. The normalized spacial score (nSPS) is 27.7. The maximum Gasteiger partial charge on any atom is 0.115 e. The fraction of sp³-hybridized carbons (Fsp3) is 0.250. The highest BCUT2D eigenvalue weighted by molar-refractivity contribution is 5.57. The molecule has 0 aromatic heterocycles. The maximum absolute atomic E-state index is 9.71. The van der Waals surface area contributed by atoms with Gasteiger partial charge in [0.2, 0.25) is 0 Å². The summed E-state index contributed by atoms with van der Waals surface area (Å²) in [6, 6.07) is 14.5. The van der Waals surface area contributed by atoms with E-state index in [1.807, 2.05) is 6.07 Å². The zero-order valence-electron chi connectivity index (χ0n) is 10.0. The number of hydrogen-bond acceptors (Lipinski definition) is 2. The van der Waals surface area contributed by atoms with Crippen molar-refractivity contribution in [3.63, 3.8) is 0 Å². The second-order valence-corrected chi connectivity index (χ2v) is 5.37. The predicted molar refractivity (Wildman–Crippen MR) is 70.8 cm³/mol. The number of benzene rings is 2. The van der Waals surface area contributed by atoms with Crippen LogP contribution in [0.15, 0.2) is 42.5 Å². The summed E-state index contributed by atoms with van der Waals surface area (Å²) in [5, 5.41) is 9.71. The third-order valence-electron chi connectivity index (χ3n) is 4.42. The van der Waals surface area contributed by atoms with Crippen LogP contribution in [0.25, 0.3) is 0 Å². The number of phenols is 1. The van der Waals surface area contributed by atoms with Crippen LogP contribution in [0.1, 0.15) is 40.5 Å². The molecule has 2 heteroatoms. The van der Waals surface area contributed by atoms with E-state index in [2.05, 4.69) is 30.3 Å². The number of nitrogens with two attached hydrogens (primary N) is 1. The average molecular weight is 237 g/mol. The van der Waals surface area contributed by atoms with Crippen molar-refractivity contribution in [2.75, 3.05) is 0 Å². The number of rotatable bonds is 0. The second kappa shape index (κ2) is 3.36. The van der Waals surface area contributed by atoms with Gasteiger partial charge in [-0.25, -0.2) is 0 Å². The lowest BCUT2D eigenvalue weighted by Crippen LogP contribution is -2.40. The molecule has 5 rings (SSSR count). The van der Waals surface area contributed by atoms with Gasteiger partial charge < -0.3 is 10.8 Å². The quantitative estimate of drug-likeness (QED) is 0.740. The van der Waals surface area contributed by atoms with Gasteiger partial charge in [0.25, 0.3) is 0 Å². The average Bonchev–Trinajstić information content (AvgIpc) is 2.38. The first-order chi connectivity index (χ1) is 8.75. The van der Waals surface area contributed by atoms with Crippen molar-refractivity contribution in [2.24, 2.45) is 5.73 Å². The fourth-order valence-electron chi connectivity index (χ4n) is 3.72. The van der Waals surface area contributed by atoms with Crippen LogP contribution in [0.4, 0.5) is 0 Å². The van der Waals surface area contributed by atoms with Crippen molar-refractivity contribution in [3.05, 3.63) is 64.7 Å². The topological polar surface area (TPSA) is 46.2 Å². The largest absolute Gasteiger partial charge is 0.508 e. The number of aromatic hydroxyl groups is 1. The molecule has 0 fully saturated rings. The highest BCUT2D eigenvalue weighted by atomic mass is 16.3. The third-order valence-corrected chi connectivity index (χ3v) is 4.42. The molecule has 3 N–H and O–H groups in total. The lowest BCUT2D eigenvalue weighted by atomic mass is 9.62. The Labute approximate surface area is 106 Å². The van der Waals surface area contributed by atoms with Crippen LogP contribution < -0.4 is 5.73 Å². The molecule has 0 heterocycles. The first kappa shape index (κ1) is 10.2. The van der Waals surface area contributed by atoms with Gasteiger partial charge in [-0.3, -0.25) is 0 Å². The van der Waals surface area contributed by atoms with Gasteiger partial charge in [-0.15, -0.1) is 0 Å². The molecule has 3 atom stereocenters. The zero-order valence-corrected chi connectivity index (χ0v) is 10.0. The van der Waals surface area contributed by atoms with Crippen molar-refractivity contribution in [3.8, 4) is 5.75 Å². The van der Waals surface area contributed by atoms with Crippen LogP contribution in [-0.4, -0.2) is 11.1 Å². The number of fused-ring (bicyclic) bond motifs is 1. The van der Waals surface area contributed by atoms with Crippen molar-refractivity contribution in [1.29, 1.82) is 0 Å². The number of hydrogen-bond donors (Lipinski definition) is 2. The second-order valence-electron chi connectivity index (χ2n) is 5.37. The van der Waals surface area contributed by atoms with Crippen LogP contribution in [0, 0.1) is 0 Å². The highest BCUT2D eigenvalue weighted by Gasteiger charge is 2.41. The van der Waals surface area contributed by atoms with E-state index in [9.17, 15) is 5.11 Å². The highest BCUT2D eigenvalue weighted by Crippen LogP contribution is 2.52. The minimum Gasteiger partial charge on any atom is -0.508 e. The molecule has 2 aromatic carbocycles. The molecule has 0 aliphatic heterocycles. The Morgan fingerprint density at radius 1 is 0.944 bits per heavy atom. The molecule has 3 aliphatic rings. The van der Waals surface area contributed by atoms with Gasteiger partial charge in [0.15, 0.2) is 0 Å². The van der Waals surface area contributed by atoms with E-state index in [0.717, 1.165) is 6.42 Å². The minimum atomic E-state index is 0.166. The predicted octanol–water partition coefficient (Wildman–Crippen LogP) is 2.70. The maximum atomic E-state index is 9.71. The van der Waals surface area contributed by atoms with E-state index in [1.165, 1.54) is 22.3 Å². The van der Waals surface area contributed by atoms with E-state index in [4.69, 9.17) is 5.73 Å². The summed E-state index contributed by atoms with van der Waals surface area (Å²) in [7, 11) is 0. The summed E-state index contributed by atoms with van der Waals surface area (Å²) in [6.45, 7) is 0. The molecule has 2 aromatic rings. The van der Waals surface area contributed by atoms with Gasteiger partial charge in [-0.05, 0) is 40.8 Å². The Kier molecular flexibility index (Phi) is 1.90. The van der Waals surface area contributed by atoms with Crippen molar-refractivity contribution in [2.45, 2.75) is 24.3 Å². The first-order valence-corrected chi connectivity index (χ1v) is 6.43. The van der Waals surface area contributed by atoms with Crippen LogP contribution in [0.5, 0.6) is 5.75 Å². The van der Waals surface area contributed by atoms with Gasteiger partial charge in [0, 0.05) is 17.9 Å². The summed E-state index contributed by atoms with van der Waals surface area (Å²) in [6.07, 6.45) is 1.01. The Morgan fingerprint density at radius 3 is 2.50 bits per heavy atom. The van der Waals surface area contributed by atoms with Gasteiger partial charge in [-0.1, -0.05) is 30.3 Å². The Bertz CT molecular complexity index is 635. The molecule has 2 nitrogen and oxygen atoms in total. The van der Waals surface area contributed by atoms with Gasteiger partial charge >= 0.3 is 0 Å². The van der Waals surface area contributed by atoms with E-state index >= 15 is 0 Å². The van der Waals surface area contributed by atoms with Crippen LogP contribution in [-0.2, 0) is 0 Å². The van der Waals surface area contributed by atoms with Gasteiger partial charge in [0.05, 0.1) is 0 Å². The third kappa shape index (κ3) is 1.16. The molecule has 0 saturated heterocycles. The Hall–Kier alpha value is -1.80. The smallest absolute Gasteiger partial charge is 0.115 e. The van der Waals surface area contributed by atoms with E-state index in [1.54, 1.807) is 6.07 Å². The fourth-order valence-corrected chi connectivity index (χ4v) is 3.72. The summed E-state index contributed by atoms with van der Waals surface area (Å²) in [5.74, 6) is 0.982. The van der Waals surface area contributed by atoms with Gasteiger partial charge in [0.1, 0.15) is 5.75 Å². The van der Waals surface area contributed by atoms with Crippen LogP contribution in [0.3, 0.4) is 0 Å². The van der Waals surface area contributed by atoms with E-state index in [0.29, 0.717) is 11.7 Å². The monoisotopic (exact) mass is 237 g/mol. The molecule has 3 aliphatic carbocycles. The number of phenolic OH excluding ortho intramolecular Hbond substituents is 1. The first-order valence-electron chi connectivity index (χ1n) is 6.43. The van der Waals surface area contributed by atoms with Crippen LogP contribution >= 0.6 is 0 Å². The van der Waals surface area contributed by atoms with E-state index < -0.39 is 0 Å². The zero-order chi connectivity index (χ0) is 12.3. The van der Waals surface area contributed by atoms with E-state index in [-0.39, 0.29) is 12.0 Å². The summed E-state index contributed by atoms with van der Waals surface area (Å²) < 4.78 is 0. The molecule has 0 amide bonds. The summed E-state index contributed by atoms with van der Waals surface area (Å²) in [5.41, 5.74) is 11.6. The molecule has 0 saturated carbocycles. The van der Waals surface area contributed by atoms with Crippen molar-refractivity contribution >= 4 is 0 Å². The molecule has 0 spiro atoms. The lowest BCUT2D eigenvalue weighted by Gasteiger charge is -2.44. The molecule has 3 unspecified atom stereocenters. The Balaban J connectivity index is 2.03.